The molecule has 0 radical (unpaired) electrons. The second-order valence-corrected chi connectivity index (χ2v) is 5.85. The highest BCUT2D eigenvalue weighted by molar-refractivity contribution is 5.81. The van der Waals surface area contributed by atoms with Crippen molar-refractivity contribution in [3.63, 3.8) is 0 Å². The Labute approximate surface area is 102 Å². The lowest BCUT2D eigenvalue weighted by atomic mass is 9.82. The lowest BCUT2D eigenvalue weighted by Crippen LogP contribution is -2.11. The van der Waals surface area contributed by atoms with Crippen LogP contribution in [0.25, 0.3) is 5.57 Å². The van der Waals surface area contributed by atoms with Crippen molar-refractivity contribution in [2.24, 2.45) is 10.8 Å². The second kappa shape index (κ2) is 3.10. The van der Waals surface area contributed by atoms with E-state index < -0.39 is 0 Å². The van der Waals surface area contributed by atoms with E-state index in [0.29, 0.717) is 0 Å². The summed E-state index contributed by atoms with van der Waals surface area (Å²) in [5, 5.41) is 0. The van der Waals surface area contributed by atoms with Crippen molar-refractivity contribution in [2.75, 3.05) is 0 Å². The third-order valence-electron chi connectivity index (χ3n) is 4.28. The minimum atomic E-state index is -0.171. The van der Waals surface area contributed by atoms with Crippen molar-refractivity contribution >= 4 is 5.57 Å². The van der Waals surface area contributed by atoms with Gasteiger partial charge in [-0.1, -0.05) is 44.2 Å². The van der Waals surface area contributed by atoms with E-state index in [1.54, 1.807) is 12.1 Å². The summed E-state index contributed by atoms with van der Waals surface area (Å²) < 4.78 is 13.0. The Morgan fingerprint density at radius 2 is 1.71 bits per heavy atom. The van der Waals surface area contributed by atoms with E-state index in [4.69, 9.17) is 0 Å². The van der Waals surface area contributed by atoms with Gasteiger partial charge in [-0.25, -0.2) is 4.39 Å². The summed E-state index contributed by atoms with van der Waals surface area (Å²) in [5.74, 6) is -0.171. The minimum Gasteiger partial charge on any atom is -0.207 e. The molecule has 1 aromatic carbocycles. The molecule has 3 rings (SSSR count). The fourth-order valence-electron chi connectivity index (χ4n) is 3.05. The first-order valence-corrected chi connectivity index (χ1v) is 6.15. The molecule has 0 aromatic heterocycles. The first kappa shape index (κ1) is 10.8. The Kier molecular flexibility index (Phi) is 1.96. The monoisotopic (exact) mass is 228 g/mol. The molecule has 0 N–H and O–H groups in total. The van der Waals surface area contributed by atoms with Crippen LogP contribution in [0.5, 0.6) is 0 Å². The molecular formula is C16H17F. The largest absolute Gasteiger partial charge is 0.207 e. The molecule has 0 unspecified atom stereocenters. The van der Waals surface area contributed by atoms with E-state index in [9.17, 15) is 4.39 Å². The fraction of sp³-hybridized carbons (Fsp3) is 0.375. The summed E-state index contributed by atoms with van der Waals surface area (Å²) in [5.41, 5.74) is 4.09. The molecule has 0 saturated heterocycles. The topological polar surface area (TPSA) is 0 Å². The number of rotatable bonds is 1. The Morgan fingerprint density at radius 1 is 1.12 bits per heavy atom. The molecular weight excluding hydrogens is 211 g/mol. The maximum atomic E-state index is 13.0. The third-order valence-corrected chi connectivity index (χ3v) is 4.28. The smallest absolute Gasteiger partial charge is 0.123 e. The van der Waals surface area contributed by atoms with Gasteiger partial charge in [-0.2, -0.15) is 0 Å². The summed E-state index contributed by atoms with van der Waals surface area (Å²) in [4.78, 5) is 0. The predicted octanol–water partition coefficient (Wildman–Crippen LogP) is 4.59. The van der Waals surface area contributed by atoms with Crippen LogP contribution in [0.3, 0.4) is 0 Å². The van der Waals surface area contributed by atoms with Crippen LogP contribution in [0.1, 0.15) is 32.3 Å². The zero-order valence-electron chi connectivity index (χ0n) is 10.4. The van der Waals surface area contributed by atoms with Crippen molar-refractivity contribution in [3.8, 4) is 0 Å². The first-order chi connectivity index (χ1) is 7.96. The van der Waals surface area contributed by atoms with Gasteiger partial charge in [0.2, 0.25) is 0 Å². The van der Waals surface area contributed by atoms with Crippen LogP contribution in [0, 0.1) is 16.6 Å². The Bertz CT molecular complexity index is 513. The van der Waals surface area contributed by atoms with Crippen LogP contribution in [0.4, 0.5) is 4.39 Å². The molecule has 0 aliphatic heterocycles. The second-order valence-electron chi connectivity index (χ2n) is 5.85. The van der Waals surface area contributed by atoms with Gasteiger partial charge >= 0.3 is 0 Å². The van der Waals surface area contributed by atoms with Crippen molar-refractivity contribution in [1.29, 1.82) is 0 Å². The molecule has 2 aliphatic carbocycles. The molecule has 2 aliphatic rings. The number of benzene rings is 1. The van der Waals surface area contributed by atoms with Crippen molar-refractivity contribution < 1.29 is 4.39 Å². The molecule has 1 aromatic rings. The van der Waals surface area contributed by atoms with Gasteiger partial charge in [-0.15, -0.1) is 0 Å². The summed E-state index contributed by atoms with van der Waals surface area (Å²) in [7, 11) is 0. The molecule has 0 atom stereocenters. The maximum absolute atomic E-state index is 13.0. The van der Waals surface area contributed by atoms with Gasteiger partial charge in [0.1, 0.15) is 5.82 Å². The van der Waals surface area contributed by atoms with Gasteiger partial charge < -0.3 is 0 Å². The third kappa shape index (κ3) is 1.41. The van der Waals surface area contributed by atoms with E-state index in [-0.39, 0.29) is 16.6 Å². The van der Waals surface area contributed by atoms with E-state index in [1.807, 2.05) is 12.1 Å². The number of hydrogen-bond acceptors (Lipinski definition) is 0. The average Bonchev–Trinajstić information content (AvgIpc) is 3.04. The van der Waals surface area contributed by atoms with Crippen molar-refractivity contribution in [2.45, 2.75) is 26.7 Å². The quantitative estimate of drug-likeness (QED) is 0.617. The van der Waals surface area contributed by atoms with Crippen molar-refractivity contribution in [3.05, 3.63) is 53.9 Å². The van der Waals surface area contributed by atoms with Gasteiger partial charge in [0.25, 0.3) is 0 Å². The van der Waals surface area contributed by atoms with Crippen LogP contribution < -0.4 is 0 Å². The summed E-state index contributed by atoms with van der Waals surface area (Å²) in [6.07, 6.45) is 4.70. The summed E-state index contributed by atoms with van der Waals surface area (Å²) in [6.45, 7) is 8.72. The number of hydrogen-bond donors (Lipinski definition) is 0. The van der Waals surface area contributed by atoms with Gasteiger partial charge in [-0.3, -0.25) is 0 Å². The Balaban J connectivity index is 2.09. The highest BCUT2D eigenvalue weighted by atomic mass is 19.1. The Morgan fingerprint density at radius 3 is 2.24 bits per heavy atom. The minimum absolute atomic E-state index is 0.0697. The molecule has 1 spiro atoms. The van der Waals surface area contributed by atoms with E-state index in [1.165, 1.54) is 24.0 Å². The zero-order chi connectivity index (χ0) is 12.3. The Hall–Kier alpha value is -1.37. The van der Waals surface area contributed by atoms with Gasteiger partial charge in [0.15, 0.2) is 0 Å². The van der Waals surface area contributed by atoms with Crippen LogP contribution in [0.2, 0.25) is 0 Å². The van der Waals surface area contributed by atoms with Gasteiger partial charge in [0.05, 0.1) is 0 Å². The van der Waals surface area contributed by atoms with Gasteiger partial charge in [0, 0.05) is 10.8 Å². The summed E-state index contributed by atoms with van der Waals surface area (Å²) >= 11 is 0. The molecule has 0 heterocycles. The molecule has 0 bridgehead atoms. The molecule has 0 nitrogen and oxygen atoms in total. The molecule has 1 heteroatoms. The molecule has 17 heavy (non-hydrogen) atoms. The molecule has 1 saturated carbocycles. The van der Waals surface area contributed by atoms with Crippen LogP contribution in [-0.4, -0.2) is 0 Å². The average molecular weight is 228 g/mol. The predicted molar refractivity (Wildman–Crippen MR) is 69.0 cm³/mol. The fourth-order valence-corrected chi connectivity index (χ4v) is 3.05. The van der Waals surface area contributed by atoms with Crippen molar-refractivity contribution in [1.82, 2.24) is 0 Å². The first-order valence-electron chi connectivity index (χ1n) is 6.15. The zero-order valence-corrected chi connectivity index (χ0v) is 10.4. The number of halogens is 1. The van der Waals surface area contributed by atoms with Crippen LogP contribution in [0.15, 0.2) is 42.5 Å². The molecule has 88 valence electrons. The highest BCUT2D eigenvalue weighted by Crippen LogP contribution is 2.68. The van der Waals surface area contributed by atoms with Gasteiger partial charge in [-0.05, 0) is 36.1 Å². The maximum Gasteiger partial charge on any atom is 0.123 e. The SMILES string of the molecule is C=C1C(C)(C)C=C(c2ccc(F)cc2)C12CC2. The normalized spacial score (nSPS) is 23.9. The number of allylic oxidation sites excluding steroid dienone is 3. The molecule has 1 fully saturated rings. The van der Waals surface area contributed by atoms with Crippen LogP contribution in [-0.2, 0) is 0 Å². The summed E-state index contributed by atoms with van der Waals surface area (Å²) in [6, 6.07) is 6.85. The lowest BCUT2D eigenvalue weighted by Gasteiger charge is -2.22. The highest BCUT2D eigenvalue weighted by Gasteiger charge is 2.56. The molecule has 0 amide bonds. The van der Waals surface area contributed by atoms with E-state index in [0.717, 1.165) is 5.56 Å². The van der Waals surface area contributed by atoms with E-state index in [2.05, 4.69) is 26.5 Å². The standard InChI is InChI=1S/C16H17F/c1-11-15(2,3)10-14(16(11)8-9-16)12-4-6-13(17)7-5-12/h4-7,10H,1,8-9H2,2-3H3. The lowest BCUT2D eigenvalue weighted by molar-refractivity contribution is 0.549. The van der Waals surface area contributed by atoms with Crippen LogP contribution >= 0.6 is 0 Å². The van der Waals surface area contributed by atoms with E-state index >= 15 is 0 Å².